The van der Waals surface area contributed by atoms with E-state index < -0.39 is 36.5 Å². The van der Waals surface area contributed by atoms with Crippen molar-refractivity contribution in [2.75, 3.05) is 20.4 Å². The van der Waals surface area contributed by atoms with Crippen LogP contribution in [0.3, 0.4) is 0 Å². The van der Waals surface area contributed by atoms with Crippen molar-refractivity contribution < 1.29 is 29.6 Å². The molecule has 0 amide bonds. The molecule has 2 atom stereocenters. The first-order valence-electron chi connectivity index (χ1n) is 8.37. The van der Waals surface area contributed by atoms with E-state index in [1.54, 1.807) is 6.92 Å². The molecule has 0 spiro atoms. The molecule has 2 rings (SSSR count). The summed E-state index contributed by atoms with van der Waals surface area (Å²) in [4.78, 5) is 34.6. The number of nitrogens with zero attached hydrogens (tertiary/aromatic N) is 1. The monoisotopic (exact) mass is 393 g/mol. The zero-order chi connectivity index (χ0) is 21.4. The van der Waals surface area contributed by atoms with E-state index >= 15 is 0 Å². The Morgan fingerprint density at radius 2 is 1.93 bits per heavy atom. The first-order chi connectivity index (χ1) is 12.8. The lowest BCUT2D eigenvalue weighted by molar-refractivity contribution is -0.149. The minimum atomic E-state index is -0.825. The third-order valence-electron chi connectivity index (χ3n) is 2.82. The standard InChI is InChI=1S/C9H12N2O4.C3H7NO3.C3H8.CH4O/c1-5-4-11(9(14)10-8(5)13)6-2-3-7(12)15-6;4-1-3(6)7-2-5;1-3-2;1-2/h4,6-7,12H,2-3H2,1H3,(H,10,13,14);5H,1-2,4H2;3H2,1-2H3;2H,1H3/t6?,7-;;;/m0.../s1. The number of nitrogens with two attached hydrogens (primary N) is 1. The maximum Gasteiger partial charge on any atom is 0.330 e. The van der Waals surface area contributed by atoms with E-state index in [4.69, 9.17) is 25.8 Å². The van der Waals surface area contributed by atoms with Crippen molar-refractivity contribution in [2.24, 2.45) is 5.73 Å². The van der Waals surface area contributed by atoms with Gasteiger partial charge >= 0.3 is 11.7 Å². The number of aliphatic hydroxyl groups is 3. The highest BCUT2D eigenvalue weighted by Crippen LogP contribution is 2.24. The summed E-state index contributed by atoms with van der Waals surface area (Å²) in [6.07, 6.45) is 2.45. The zero-order valence-electron chi connectivity index (χ0n) is 16.2. The molecule has 2 heterocycles. The molecule has 11 heteroatoms. The molecule has 1 aromatic heterocycles. The number of aryl methyl sites for hydroxylation is 1. The van der Waals surface area contributed by atoms with Crippen LogP contribution in [0.15, 0.2) is 15.8 Å². The van der Waals surface area contributed by atoms with Gasteiger partial charge in [0.15, 0.2) is 13.1 Å². The highest BCUT2D eigenvalue weighted by Gasteiger charge is 2.25. The van der Waals surface area contributed by atoms with Crippen LogP contribution in [-0.4, -0.2) is 57.6 Å². The molecule has 27 heavy (non-hydrogen) atoms. The van der Waals surface area contributed by atoms with E-state index in [2.05, 4.69) is 23.6 Å². The summed E-state index contributed by atoms with van der Waals surface area (Å²) in [5.41, 5.74) is 4.31. The van der Waals surface area contributed by atoms with Gasteiger partial charge in [-0.1, -0.05) is 20.3 Å². The molecule has 1 unspecified atom stereocenters. The molecule has 0 aromatic carbocycles. The fourth-order valence-corrected chi connectivity index (χ4v) is 1.74. The first-order valence-corrected chi connectivity index (χ1v) is 8.37. The third-order valence-corrected chi connectivity index (χ3v) is 2.82. The average Bonchev–Trinajstić information content (AvgIpc) is 3.07. The van der Waals surface area contributed by atoms with E-state index in [1.165, 1.54) is 17.2 Å². The minimum absolute atomic E-state index is 0.180. The summed E-state index contributed by atoms with van der Waals surface area (Å²) in [6, 6.07) is 0. The number of hydrogen-bond acceptors (Lipinski definition) is 9. The van der Waals surface area contributed by atoms with Gasteiger partial charge in [-0.15, -0.1) is 0 Å². The number of carbonyl (C=O) groups excluding carboxylic acids is 1. The predicted octanol–water partition coefficient (Wildman–Crippen LogP) is -1.06. The van der Waals surface area contributed by atoms with Gasteiger partial charge in [-0.3, -0.25) is 19.1 Å². The Morgan fingerprint density at radius 1 is 1.37 bits per heavy atom. The SMILES string of the molecule is CCC.CO.Cc1cn(C2CC[C@@H](O)O2)c(=O)[nH]c1=O.NCC(=O)OCO. The molecule has 1 aliphatic heterocycles. The lowest BCUT2D eigenvalue weighted by Crippen LogP contribution is -2.33. The van der Waals surface area contributed by atoms with Crippen LogP contribution in [0, 0.1) is 6.92 Å². The molecule has 1 aromatic rings. The average molecular weight is 393 g/mol. The third kappa shape index (κ3) is 11.3. The Balaban J connectivity index is 0. The maximum atomic E-state index is 11.4. The second-order valence-corrected chi connectivity index (χ2v) is 5.16. The van der Waals surface area contributed by atoms with Crippen molar-refractivity contribution in [2.45, 2.75) is 52.6 Å². The molecule has 1 fully saturated rings. The molecule has 0 aliphatic carbocycles. The van der Waals surface area contributed by atoms with E-state index in [0.717, 1.165) is 7.11 Å². The van der Waals surface area contributed by atoms with Crippen LogP contribution in [0.2, 0.25) is 0 Å². The number of H-pyrrole nitrogens is 1. The summed E-state index contributed by atoms with van der Waals surface area (Å²) in [7, 11) is 1.00. The van der Waals surface area contributed by atoms with Crippen LogP contribution < -0.4 is 17.0 Å². The van der Waals surface area contributed by atoms with Crippen molar-refractivity contribution >= 4 is 5.97 Å². The van der Waals surface area contributed by atoms with Gasteiger partial charge in [-0.25, -0.2) is 4.79 Å². The van der Waals surface area contributed by atoms with E-state index in [-0.39, 0.29) is 6.54 Å². The van der Waals surface area contributed by atoms with Gasteiger partial charge in [0, 0.05) is 25.3 Å². The number of hydrogen-bond donors (Lipinski definition) is 5. The first kappa shape index (κ1) is 27.2. The topological polar surface area (TPSA) is 177 Å². The molecule has 0 bridgehead atoms. The lowest BCUT2D eigenvalue weighted by atomic mass is 10.3. The Morgan fingerprint density at radius 3 is 2.30 bits per heavy atom. The summed E-state index contributed by atoms with van der Waals surface area (Å²) < 4.78 is 10.4. The number of nitrogens with one attached hydrogen (secondary N) is 1. The fraction of sp³-hybridized carbons (Fsp3) is 0.688. The van der Waals surface area contributed by atoms with Crippen LogP contribution in [-0.2, 0) is 14.3 Å². The molecule has 6 N–H and O–H groups in total. The molecule has 158 valence electrons. The van der Waals surface area contributed by atoms with Gasteiger partial charge in [0.2, 0.25) is 0 Å². The van der Waals surface area contributed by atoms with Crippen molar-refractivity contribution in [3.05, 3.63) is 32.6 Å². The van der Waals surface area contributed by atoms with E-state index in [0.29, 0.717) is 18.4 Å². The minimum Gasteiger partial charge on any atom is -0.438 e. The normalized spacial score (nSPS) is 17.3. The Labute approximate surface area is 157 Å². The summed E-state index contributed by atoms with van der Waals surface area (Å²) in [6.45, 7) is 5.09. The quantitative estimate of drug-likeness (QED) is 0.316. The second-order valence-electron chi connectivity index (χ2n) is 5.16. The highest BCUT2D eigenvalue weighted by molar-refractivity contribution is 5.71. The van der Waals surface area contributed by atoms with Crippen molar-refractivity contribution in [1.82, 2.24) is 9.55 Å². The maximum absolute atomic E-state index is 11.4. The summed E-state index contributed by atoms with van der Waals surface area (Å²) in [5.74, 6) is -0.595. The molecule has 11 nitrogen and oxygen atoms in total. The Kier molecular flexibility index (Phi) is 16.3. The number of aromatic amines is 1. The van der Waals surface area contributed by atoms with Crippen LogP contribution in [0.5, 0.6) is 0 Å². The molecule has 0 radical (unpaired) electrons. The second kappa shape index (κ2) is 16.1. The summed E-state index contributed by atoms with van der Waals surface area (Å²) in [5, 5.41) is 24.0. The van der Waals surface area contributed by atoms with Crippen molar-refractivity contribution in [1.29, 1.82) is 0 Å². The largest absolute Gasteiger partial charge is 0.438 e. The summed E-state index contributed by atoms with van der Waals surface area (Å²) >= 11 is 0. The number of ether oxygens (including phenoxy) is 2. The van der Waals surface area contributed by atoms with Crippen molar-refractivity contribution in [3.63, 3.8) is 0 Å². The predicted molar refractivity (Wildman–Crippen MR) is 97.8 cm³/mol. The molecule has 1 aliphatic rings. The van der Waals surface area contributed by atoms with Crippen LogP contribution in [0.1, 0.15) is 44.9 Å². The van der Waals surface area contributed by atoms with Crippen LogP contribution in [0.25, 0.3) is 0 Å². The highest BCUT2D eigenvalue weighted by atomic mass is 16.6. The number of aliphatic hydroxyl groups excluding tert-OH is 3. The van der Waals surface area contributed by atoms with Gasteiger partial charge in [0.05, 0.1) is 6.54 Å². The van der Waals surface area contributed by atoms with Crippen molar-refractivity contribution in [3.8, 4) is 0 Å². The fourth-order valence-electron chi connectivity index (χ4n) is 1.74. The smallest absolute Gasteiger partial charge is 0.330 e. The van der Waals surface area contributed by atoms with Gasteiger partial charge < -0.3 is 30.5 Å². The molecular formula is C16H31N3O8. The molecule has 0 saturated carbocycles. The number of rotatable bonds is 3. The van der Waals surface area contributed by atoms with Gasteiger partial charge in [0.1, 0.15) is 6.23 Å². The zero-order valence-corrected chi connectivity index (χ0v) is 16.2. The van der Waals surface area contributed by atoms with Gasteiger partial charge in [-0.05, 0) is 13.3 Å². The Bertz CT molecular complexity index is 629. The number of carbonyl (C=O) groups is 1. The van der Waals surface area contributed by atoms with E-state index in [9.17, 15) is 14.4 Å². The number of esters is 1. The number of aromatic nitrogens is 2. The van der Waals surface area contributed by atoms with Gasteiger partial charge in [0.25, 0.3) is 5.56 Å². The van der Waals surface area contributed by atoms with Crippen LogP contribution in [0.4, 0.5) is 0 Å². The molecule has 1 saturated heterocycles. The Hall–Kier alpha value is -2.05. The van der Waals surface area contributed by atoms with Gasteiger partial charge in [-0.2, -0.15) is 0 Å². The van der Waals surface area contributed by atoms with Crippen LogP contribution >= 0.6 is 0 Å². The molecular weight excluding hydrogens is 362 g/mol. The lowest BCUT2D eigenvalue weighted by Gasteiger charge is -2.13. The van der Waals surface area contributed by atoms with E-state index in [1.807, 2.05) is 0 Å².